The van der Waals surface area contributed by atoms with E-state index in [1.165, 1.54) is 0 Å². The first kappa shape index (κ1) is 10.5. The van der Waals surface area contributed by atoms with Crippen LogP contribution >= 0.6 is 0 Å². The van der Waals surface area contributed by atoms with Crippen molar-refractivity contribution in [2.75, 3.05) is 0 Å². The number of aldehydes is 1. The number of nitrogens with zero attached hydrogens (tertiary/aromatic N) is 1. The summed E-state index contributed by atoms with van der Waals surface area (Å²) in [5.74, 6) is 0.488. The van der Waals surface area contributed by atoms with Gasteiger partial charge in [0.2, 0.25) is 0 Å². The van der Waals surface area contributed by atoms with Crippen molar-refractivity contribution in [3.63, 3.8) is 0 Å². The van der Waals surface area contributed by atoms with Crippen LogP contribution in [0.25, 0.3) is 0 Å². The first-order valence-corrected chi connectivity index (χ1v) is 4.64. The van der Waals surface area contributed by atoms with E-state index in [1.54, 1.807) is 12.3 Å². The standard InChI is InChI=1S/C12H15NO/c1-10(2)6-7-13-8-12(9-14)5-4-11(13)3/h4-10H,3H2,1-2H3. The molecule has 1 rings (SSSR count). The maximum atomic E-state index is 10.6. The zero-order chi connectivity index (χ0) is 10.6. The van der Waals surface area contributed by atoms with Crippen molar-refractivity contribution in [2.24, 2.45) is 5.92 Å². The molecule has 1 aliphatic heterocycles. The molecule has 0 aliphatic carbocycles. The quantitative estimate of drug-likeness (QED) is 0.636. The number of rotatable bonds is 3. The van der Waals surface area contributed by atoms with Crippen molar-refractivity contribution >= 4 is 6.29 Å². The van der Waals surface area contributed by atoms with Gasteiger partial charge in [0.1, 0.15) is 0 Å². The van der Waals surface area contributed by atoms with E-state index in [0.717, 1.165) is 12.0 Å². The van der Waals surface area contributed by atoms with Crippen molar-refractivity contribution < 1.29 is 4.79 Å². The predicted octanol–water partition coefficient (Wildman–Crippen LogP) is 2.62. The van der Waals surface area contributed by atoms with E-state index in [-0.39, 0.29) is 0 Å². The summed E-state index contributed by atoms with van der Waals surface area (Å²) < 4.78 is 0. The summed E-state index contributed by atoms with van der Waals surface area (Å²) in [6.07, 6.45) is 10.2. The summed E-state index contributed by atoms with van der Waals surface area (Å²) in [6.45, 7) is 8.07. The van der Waals surface area contributed by atoms with Gasteiger partial charge in [0.05, 0.1) is 0 Å². The number of carbonyl (C=O) groups is 1. The Hall–Kier alpha value is -1.57. The molecule has 2 heteroatoms. The zero-order valence-corrected chi connectivity index (χ0v) is 8.60. The number of allylic oxidation sites excluding steroid dienone is 4. The molecule has 0 aromatic rings. The van der Waals surface area contributed by atoms with Crippen molar-refractivity contribution in [3.8, 4) is 0 Å². The highest BCUT2D eigenvalue weighted by Gasteiger charge is 2.05. The summed E-state index contributed by atoms with van der Waals surface area (Å²) in [5, 5.41) is 0. The molecule has 2 nitrogen and oxygen atoms in total. The van der Waals surface area contributed by atoms with Gasteiger partial charge in [-0.2, -0.15) is 0 Å². The predicted molar refractivity (Wildman–Crippen MR) is 58.2 cm³/mol. The van der Waals surface area contributed by atoms with Crippen LogP contribution in [0.4, 0.5) is 0 Å². The van der Waals surface area contributed by atoms with E-state index >= 15 is 0 Å². The zero-order valence-electron chi connectivity index (χ0n) is 8.60. The average Bonchev–Trinajstić information content (AvgIpc) is 2.16. The summed E-state index contributed by atoms with van der Waals surface area (Å²) in [7, 11) is 0. The Balaban J connectivity index is 2.78. The average molecular weight is 189 g/mol. The molecule has 0 bridgehead atoms. The monoisotopic (exact) mass is 189 g/mol. The molecular formula is C12H15NO. The molecule has 1 heterocycles. The van der Waals surface area contributed by atoms with Crippen LogP contribution < -0.4 is 0 Å². The van der Waals surface area contributed by atoms with Gasteiger partial charge >= 0.3 is 0 Å². The van der Waals surface area contributed by atoms with Crippen LogP contribution in [-0.4, -0.2) is 11.2 Å². The van der Waals surface area contributed by atoms with Gasteiger partial charge in [-0.1, -0.05) is 26.5 Å². The largest absolute Gasteiger partial charge is 0.324 e. The lowest BCUT2D eigenvalue weighted by Gasteiger charge is -2.19. The van der Waals surface area contributed by atoms with Crippen LogP contribution in [0.1, 0.15) is 13.8 Å². The van der Waals surface area contributed by atoms with Crippen LogP contribution in [0, 0.1) is 5.92 Å². The highest BCUT2D eigenvalue weighted by molar-refractivity contribution is 5.78. The molecule has 0 saturated carbocycles. The molecule has 1 aliphatic rings. The second-order valence-electron chi connectivity index (χ2n) is 3.56. The second kappa shape index (κ2) is 4.61. The smallest absolute Gasteiger partial charge is 0.151 e. The van der Waals surface area contributed by atoms with Crippen molar-refractivity contribution in [1.82, 2.24) is 4.90 Å². The van der Waals surface area contributed by atoms with Crippen molar-refractivity contribution in [3.05, 3.63) is 48.5 Å². The normalized spacial score (nSPS) is 16.6. The molecule has 74 valence electrons. The Morgan fingerprint density at radius 2 is 2.14 bits per heavy atom. The summed E-state index contributed by atoms with van der Waals surface area (Å²) in [5.41, 5.74) is 1.53. The van der Waals surface area contributed by atoms with E-state index < -0.39 is 0 Å². The van der Waals surface area contributed by atoms with E-state index in [4.69, 9.17) is 0 Å². The molecule has 0 saturated heterocycles. The van der Waals surface area contributed by atoms with E-state index in [1.807, 2.05) is 17.2 Å². The first-order valence-electron chi connectivity index (χ1n) is 4.64. The van der Waals surface area contributed by atoms with E-state index in [0.29, 0.717) is 11.5 Å². The molecule has 0 spiro atoms. The molecular weight excluding hydrogens is 174 g/mol. The fourth-order valence-corrected chi connectivity index (χ4v) is 1.04. The lowest BCUT2D eigenvalue weighted by molar-refractivity contribution is -0.104. The lowest BCUT2D eigenvalue weighted by atomic mass is 10.2. The maximum absolute atomic E-state index is 10.6. The highest BCUT2D eigenvalue weighted by Crippen LogP contribution is 2.15. The first-order chi connectivity index (χ1) is 6.63. The van der Waals surface area contributed by atoms with Gasteiger partial charge in [0.15, 0.2) is 6.29 Å². The van der Waals surface area contributed by atoms with Gasteiger partial charge < -0.3 is 4.90 Å². The SMILES string of the molecule is C=C1C=CC(C=O)=CN1C=CC(C)C. The minimum atomic E-state index is 0.488. The summed E-state index contributed by atoms with van der Waals surface area (Å²) >= 11 is 0. The molecule has 0 N–H and O–H groups in total. The van der Waals surface area contributed by atoms with Crippen LogP contribution in [0.3, 0.4) is 0 Å². The van der Waals surface area contributed by atoms with Crippen molar-refractivity contribution in [2.45, 2.75) is 13.8 Å². The number of hydrogen-bond acceptors (Lipinski definition) is 2. The Labute approximate surface area is 84.9 Å². The van der Waals surface area contributed by atoms with Gasteiger partial charge in [-0.3, -0.25) is 4.79 Å². The van der Waals surface area contributed by atoms with Crippen LogP contribution in [0.5, 0.6) is 0 Å². The molecule has 0 amide bonds. The number of hydrogen-bond donors (Lipinski definition) is 0. The van der Waals surface area contributed by atoms with Crippen LogP contribution in [-0.2, 0) is 4.79 Å². The summed E-state index contributed by atoms with van der Waals surface area (Å²) in [4.78, 5) is 12.4. The molecule has 0 aromatic heterocycles. The highest BCUT2D eigenvalue weighted by atomic mass is 16.1. The van der Waals surface area contributed by atoms with Gasteiger partial charge in [-0.15, -0.1) is 0 Å². The topological polar surface area (TPSA) is 20.3 Å². The maximum Gasteiger partial charge on any atom is 0.151 e. The van der Waals surface area contributed by atoms with Gasteiger partial charge in [0.25, 0.3) is 0 Å². The van der Waals surface area contributed by atoms with E-state index in [2.05, 4.69) is 26.5 Å². The molecule has 14 heavy (non-hydrogen) atoms. The van der Waals surface area contributed by atoms with Gasteiger partial charge in [0, 0.05) is 23.7 Å². The fourth-order valence-electron chi connectivity index (χ4n) is 1.04. The Bertz CT molecular complexity index is 321. The third-order valence-corrected chi connectivity index (χ3v) is 1.86. The molecule has 0 radical (unpaired) electrons. The second-order valence-corrected chi connectivity index (χ2v) is 3.56. The summed E-state index contributed by atoms with van der Waals surface area (Å²) in [6, 6.07) is 0. The molecule has 0 atom stereocenters. The fraction of sp³-hybridized carbons (Fsp3) is 0.250. The Morgan fingerprint density at radius 1 is 1.43 bits per heavy atom. The van der Waals surface area contributed by atoms with Gasteiger partial charge in [-0.05, 0) is 18.1 Å². The van der Waals surface area contributed by atoms with Crippen LogP contribution in [0.2, 0.25) is 0 Å². The van der Waals surface area contributed by atoms with Crippen molar-refractivity contribution in [1.29, 1.82) is 0 Å². The third kappa shape index (κ3) is 2.73. The van der Waals surface area contributed by atoms with E-state index in [9.17, 15) is 4.79 Å². The van der Waals surface area contributed by atoms with Crippen LogP contribution in [0.15, 0.2) is 48.5 Å². The number of carbonyl (C=O) groups excluding carboxylic acids is 1. The van der Waals surface area contributed by atoms with Gasteiger partial charge in [-0.25, -0.2) is 0 Å². The lowest BCUT2D eigenvalue weighted by Crippen LogP contribution is -2.11. The minimum absolute atomic E-state index is 0.488. The molecule has 0 aromatic carbocycles. The Kier molecular flexibility index (Phi) is 3.46. The minimum Gasteiger partial charge on any atom is -0.324 e. The molecule has 0 unspecified atom stereocenters. The Morgan fingerprint density at radius 3 is 2.71 bits per heavy atom. The third-order valence-electron chi connectivity index (χ3n) is 1.86. The molecule has 0 fully saturated rings.